The van der Waals surface area contributed by atoms with Crippen LogP contribution >= 0.6 is 22.9 Å². The van der Waals surface area contributed by atoms with Gasteiger partial charge in [0.15, 0.2) is 5.13 Å². The van der Waals surface area contributed by atoms with Crippen molar-refractivity contribution in [2.75, 3.05) is 5.73 Å². The van der Waals surface area contributed by atoms with E-state index in [1.54, 1.807) is 6.92 Å². The predicted molar refractivity (Wildman–Crippen MR) is 83.2 cm³/mol. The topological polar surface area (TPSA) is 68.0 Å². The van der Waals surface area contributed by atoms with Crippen LogP contribution in [0.3, 0.4) is 0 Å². The number of halogens is 1. The van der Waals surface area contributed by atoms with E-state index in [1.807, 2.05) is 19.9 Å². The zero-order valence-corrected chi connectivity index (χ0v) is 12.9. The molecule has 0 aliphatic heterocycles. The molecule has 0 saturated heterocycles. The van der Waals surface area contributed by atoms with Gasteiger partial charge in [-0.3, -0.25) is 4.79 Å². The number of carbonyl (C=O) groups excluding carboxylic acids is 1. The van der Waals surface area contributed by atoms with Gasteiger partial charge in [-0.1, -0.05) is 29.0 Å². The van der Waals surface area contributed by atoms with Crippen molar-refractivity contribution in [2.24, 2.45) is 0 Å². The van der Waals surface area contributed by atoms with Gasteiger partial charge in [-0.05, 0) is 26.3 Å². The molecular formula is C13H18ClN3OS. The molecule has 104 valence electrons. The molecule has 0 aliphatic carbocycles. The normalized spacial score (nSPS) is 12.1. The summed E-state index contributed by atoms with van der Waals surface area (Å²) in [6.07, 6.45) is 3.32. The number of hydrogen-bond acceptors (Lipinski definition) is 4. The Kier molecular flexibility index (Phi) is 7.79. The van der Waals surface area contributed by atoms with E-state index in [0.29, 0.717) is 20.7 Å². The molecule has 0 fully saturated rings. The van der Waals surface area contributed by atoms with E-state index in [4.69, 9.17) is 17.3 Å². The minimum Gasteiger partial charge on any atom is -0.375 e. The van der Waals surface area contributed by atoms with Gasteiger partial charge in [0, 0.05) is 5.03 Å². The number of aromatic nitrogens is 1. The van der Waals surface area contributed by atoms with Crippen molar-refractivity contribution in [2.45, 2.75) is 20.8 Å². The number of nitrogens with two attached hydrogens (primary N) is 1. The third-order valence-corrected chi connectivity index (χ3v) is 3.17. The van der Waals surface area contributed by atoms with Gasteiger partial charge in [0.25, 0.3) is 5.91 Å². The highest BCUT2D eigenvalue weighted by Gasteiger charge is 2.13. The maximum atomic E-state index is 11.9. The van der Waals surface area contributed by atoms with Crippen LogP contribution in [0.2, 0.25) is 0 Å². The molecule has 0 aromatic carbocycles. The summed E-state index contributed by atoms with van der Waals surface area (Å²) in [6, 6.07) is 0. The van der Waals surface area contributed by atoms with Gasteiger partial charge in [0.2, 0.25) is 0 Å². The zero-order chi connectivity index (χ0) is 15.0. The van der Waals surface area contributed by atoms with E-state index in [9.17, 15) is 4.79 Å². The highest BCUT2D eigenvalue weighted by Crippen LogP contribution is 2.18. The van der Waals surface area contributed by atoms with E-state index >= 15 is 0 Å². The first-order valence-corrected chi connectivity index (χ1v) is 6.67. The van der Waals surface area contributed by atoms with Crippen LogP contribution in [0.25, 0.3) is 0 Å². The fraction of sp³-hybridized carbons (Fsp3) is 0.231. The largest absolute Gasteiger partial charge is 0.375 e. The molecule has 19 heavy (non-hydrogen) atoms. The summed E-state index contributed by atoms with van der Waals surface area (Å²) in [4.78, 5) is 16.2. The van der Waals surface area contributed by atoms with Crippen molar-refractivity contribution in [1.29, 1.82) is 0 Å². The summed E-state index contributed by atoms with van der Waals surface area (Å²) in [7, 11) is 0. The van der Waals surface area contributed by atoms with Crippen LogP contribution in [0.5, 0.6) is 0 Å². The van der Waals surface area contributed by atoms with Crippen LogP contribution in [-0.4, -0.2) is 10.9 Å². The lowest BCUT2D eigenvalue weighted by molar-refractivity contribution is 0.0970. The number of carbonyl (C=O) groups is 1. The number of nitrogens with one attached hydrogen (secondary N) is 1. The summed E-state index contributed by atoms with van der Waals surface area (Å²) in [5, 5.41) is 3.65. The number of anilines is 1. The van der Waals surface area contributed by atoms with Crippen molar-refractivity contribution < 1.29 is 4.79 Å². The molecule has 1 aromatic rings. The molecule has 1 rings (SSSR count). The molecular weight excluding hydrogens is 282 g/mol. The summed E-state index contributed by atoms with van der Waals surface area (Å²) < 4.78 is 0. The number of rotatable bonds is 3. The van der Waals surface area contributed by atoms with Crippen LogP contribution in [0.4, 0.5) is 5.13 Å². The molecule has 0 radical (unpaired) electrons. The number of allylic oxidation sites excluding steroid dienone is 3. The van der Waals surface area contributed by atoms with Gasteiger partial charge in [-0.25, -0.2) is 4.98 Å². The lowest BCUT2D eigenvalue weighted by Crippen LogP contribution is -2.23. The molecule has 0 bridgehead atoms. The van der Waals surface area contributed by atoms with Crippen molar-refractivity contribution in [3.8, 4) is 0 Å². The standard InChI is InChI=1S/C11H14ClN3OS.C2H4/c1-4-6(2)9(7(3)12)15-10(16)8-5-14-11(13)17-8;1-2/h4-5H,1-3H3,(H2,13,14)(H,15,16);1-2H2/b6-4-,9-7-;. The second-order valence-corrected chi connectivity index (χ2v) is 5.03. The van der Waals surface area contributed by atoms with Crippen molar-refractivity contribution in [1.82, 2.24) is 10.3 Å². The highest BCUT2D eigenvalue weighted by molar-refractivity contribution is 7.17. The first kappa shape index (κ1) is 17.4. The van der Waals surface area contributed by atoms with Crippen LogP contribution in [0, 0.1) is 0 Å². The van der Waals surface area contributed by atoms with Crippen LogP contribution < -0.4 is 11.1 Å². The zero-order valence-electron chi connectivity index (χ0n) is 11.3. The maximum absolute atomic E-state index is 11.9. The second kappa shape index (κ2) is 8.50. The maximum Gasteiger partial charge on any atom is 0.267 e. The van der Waals surface area contributed by atoms with E-state index < -0.39 is 0 Å². The van der Waals surface area contributed by atoms with Crippen molar-refractivity contribution >= 4 is 34.0 Å². The SMILES string of the molecule is C/C=C(C)\C(NC(=O)c1cnc(N)s1)=C(/C)Cl.C=C. The minimum absolute atomic E-state index is 0.254. The molecule has 0 saturated carbocycles. The molecule has 6 heteroatoms. The Bertz CT molecular complexity index is 502. The predicted octanol–water partition coefficient (Wildman–Crippen LogP) is 3.69. The number of amides is 1. The Morgan fingerprint density at radius 2 is 2.11 bits per heavy atom. The lowest BCUT2D eigenvalue weighted by atomic mass is 10.2. The van der Waals surface area contributed by atoms with Crippen molar-refractivity contribution in [3.63, 3.8) is 0 Å². The monoisotopic (exact) mass is 299 g/mol. The Morgan fingerprint density at radius 3 is 2.47 bits per heavy atom. The number of hydrogen-bond donors (Lipinski definition) is 2. The summed E-state index contributed by atoms with van der Waals surface area (Å²) in [6.45, 7) is 11.5. The third kappa shape index (κ3) is 5.28. The van der Waals surface area contributed by atoms with Gasteiger partial charge in [0.1, 0.15) is 4.88 Å². The average molecular weight is 300 g/mol. The van der Waals surface area contributed by atoms with E-state index in [0.717, 1.165) is 16.9 Å². The van der Waals surface area contributed by atoms with Crippen molar-refractivity contribution in [3.05, 3.63) is 46.6 Å². The molecule has 1 aromatic heterocycles. The summed E-state index contributed by atoms with van der Waals surface area (Å²) >= 11 is 7.08. The number of thiazole rings is 1. The smallest absolute Gasteiger partial charge is 0.267 e. The Hall–Kier alpha value is -1.59. The van der Waals surface area contributed by atoms with Crippen LogP contribution in [0.1, 0.15) is 30.4 Å². The van der Waals surface area contributed by atoms with E-state index in [1.165, 1.54) is 6.20 Å². The Morgan fingerprint density at radius 1 is 1.53 bits per heavy atom. The van der Waals surface area contributed by atoms with Crippen LogP contribution in [0.15, 0.2) is 41.7 Å². The van der Waals surface area contributed by atoms with Gasteiger partial charge < -0.3 is 11.1 Å². The Labute approximate surface area is 122 Å². The lowest BCUT2D eigenvalue weighted by Gasteiger charge is -2.10. The fourth-order valence-corrected chi connectivity index (χ4v) is 1.94. The summed E-state index contributed by atoms with van der Waals surface area (Å²) in [5.74, 6) is -0.254. The average Bonchev–Trinajstić information content (AvgIpc) is 2.83. The summed E-state index contributed by atoms with van der Waals surface area (Å²) in [5.41, 5.74) is 6.99. The quantitative estimate of drug-likeness (QED) is 0.660. The minimum atomic E-state index is -0.254. The molecule has 1 heterocycles. The van der Waals surface area contributed by atoms with E-state index in [2.05, 4.69) is 23.5 Å². The molecule has 1 amide bonds. The second-order valence-electron chi connectivity index (χ2n) is 3.40. The van der Waals surface area contributed by atoms with Gasteiger partial charge >= 0.3 is 0 Å². The molecule has 0 aliphatic rings. The molecule has 0 spiro atoms. The van der Waals surface area contributed by atoms with Crippen LogP contribution in [-0.2, 0) is 0 Å². The van der Waals surface area contributed by atoms with Gasteiger partial charge in [-0.15, -0.1) is 13.2 Å². The first-order valence-electron chi connectivity index (χ1n) is 5.48. The van der Waals surface area contributed by atoms with Gasteiger partial charge in [0.05, 0.1) is 11.9 Å². The fourth-order valence-electron chi connectivity index (χ4n) is 1.17. The molecule has 3 N–H and O–H groups in total. The van der Waals surface area contributed by atoms with Gasteiger partial charge in [-0.2, -0.15) is 0 Å². The number of nitrogen functional groups attached to an aromatic ring is 1. The van der Waals surface area contributed by atoms with E-state index in [-0.39, 0.29) is 5.91 Å². The number of nitrogens with zero attached hydrogens (tertiary/aromatic N) is 1. The molecule has 0 atom stereocenters. The molecule has 0 unspecified atom stereocenters. The highest BCUT2D eigenvalue weighted by atomic mass is 35.5. The molecule has 4 nitrogen and oxygen atoms in total. The first-order chi connectivity index (χ1) is 8.95. The Balaban J connectivity index is 0.00000154. The third-order valence-electron chi connectivity index (χ3n) is 2.16.